The van der Waals surface area contributed by atoms with Crippen LogP contribution >= 0.6 is 0 Å². The molecule has 0 heterocycles. The normalized spacial score (nSPS) is 10.3. The summed E-state index contributed by atoms with van der Waals surface area (Å²) in [5.74, 6) is -3.08. The Morgan fingerprint density at radius 1 is 0.793 bits per heavy atom. The third-order valence-electron chi connectivity index (χ3n) is 3.68. The quantitative estimate of drug-likeness (QED) is 0.505. The summed E-state index contributed by atoms with van der Waals surface area (Å²) in [6.45, 7) is 0. The number of nitro benzene ring substituents is 2. The zero-order chi connectivity index (χ0) is 21.6. The van der Waals surface area contributed by atoms with Gasteiger partial charge in [0.25, 0.3) is 11.4 Å². The van der Waals surface area contributed by atoms with Crippen LogP contribution in [0.15, 0.2) is 36.4 Å². The number of halogens is 2. The van der Waals surface area contributed by atoms with Crippen LogP contribution in [0, 0.1) is 31.9 Å². The standard InChI is InChI=1S/C17H14F2N4O6/c18-12-6-4-10(22(26)27)8-14(12)20-16(24)2-1-3-17(25)21-15-9-11(23(28)29)5-7-13(15)19/h4-9H,1-3H2,(H,20,24)(H,21,25). The molecule has 0 radical (unpaired) electrons. The number of carbonyl (C=O) groups excluding carboxylic acids is 2. The van der Waals surface area contributed by atoms with Crippen molar-refractivity contribution in [2.24, 2.45) is 0 Å². The summed E-state index contributed by atoms with van der Waals surface area (Å²) in [6.07, 6.45) is -0.426. The number of non-ortho nitro benzene ring substituents is 2. The van der Waals surface area contributed by atoms with Crippen molar-refractivity contribution in [3.05, 3.63) is 68.3 Å². The van der Waals surface area contributed by atoms with Gasteiger partial charge in [0.2, 0.25) is 11.8 Å². The van der Waals surface area contributed by atoms with Crippen LogP contribution < -0.4 is 10.6 Å². The maximum atomic E-state index is 13.6. The van der Waals surface area contributed by atoms with E-state index in [-0.39, 0.29) is 30.6 Å². The largest absolute Gasteiger partial charge is 0.323 e. The van der Waals surface area contributed by atoms with Crippen LogP contribution in [0.1, 0.15) is 19.3 Å². The van der Waals surface area contributed by atoms with Gasteiger partial charge in [-0.05, 0) is 18.6 Å². The molecule has 0 saturated heterocycles. The van der Waals surface area contributed by atoms with Crippen LogP contribution in [0.2, 0.25) is 0 Å². The summed E-state index contributed by atoms with van der Waals surface area (Å²) in [6, 6.07) is 5.31. The molecule has 0 atom stereocenters. The highest BCUT2D eigenvalue weighted by Gasteiger charge is 2.15. The molecule has 0 aliphatic carbocycles. The van der Waals surface area contributed by atoms with E-state index in [1.54, 1.807) is 0 Å². The Bertz CT molecular complexity index is 905. The van der Waals surface area contributed by atoms with Crippen LogP contribution in [0.5, 0.6) is 0 Å². The number of amides is 2. The van der Waals surface area contributed by atoms with Crippen molar-refractivity contribution in [2.75, 3.05) is 10.6 Å². The second kappa shape index (κ2) is 9.30. The Morgan fingerprint density at radius 2 is 1.17 bits per heavy atom. The average Bonchev–Trinajstić information content (AvgIpc) is 2.65. The Kier molecular flexibility index (Phi) is 6.85. The van der Waals surface area contributed by atoms with Crippen molar-refractivity contribution < 1.29 is 28.2 Å². The van der Waals surface area contributed by atoms with Crippen molar-refractivity contribution in [1.82, 2.24) is 0 Å². The lowest BCUT2D eigenvalue weighted by Crippen LogP contribution is -2.16. The van der Waals surface area contributed by atoms with Crippen molar-refractivity contribution in [1.29, 1.82) is 0 Å². The lowest BCUT2D eigenvalue weighted by Gasteiger charge is -2.08. The third kappa shape index (κ3) is 6.02. The minimum Gasteiger partial charge on any atom is -0.323 e. The van der Waals surface area contributed by atoms with Gasteiger partial charge in [-0.2, -0.15) is 0 Å². The molecule has 0 saturated carbocycles. The maximum absolute atomic E-state index is 13.6. The lowest BCUT2D eigenvalue weighted by molar-refractivity contribution is -0.385. The number of anilines is 2. The molecule has 0 aliphatic rings. The van der Waals surface area contributed by atoms with Crippen LogP contribution in [-0.4, -0.2) is 21.7 Å². The minimum absolute atomic E-state index is 0.00472. The maximum Gasteiger partial charge on any atom is 0.271 e. The zero-order valence-corrected chi connectivity index (χ0v) is 14.7. The number of nitrogens with zero attached hydrogens (tertiary/aromatic N) is 2. The van der Waals surface area contributed by atoms with E-state index in [2.05, 4.69) is 10.6 Å². The Morgan fingerprint density at radius 3 is 1.52 bits per heavy atom. The fourth-order valence-corrected chi connectivity index (χ4v) is 2.28. The molecule has 12 heteroatoms. The average molecular weight is 408 g/mol. The molecule has 10 nitrogen and oxygen atoms in total. The predicted molar refractivity (Wildman–Crippen MR) is 97.2 cm³/mol. The van der Waals surface area contributed by atoms with Crippen molar-refractivity contribution >= 4 is 34.6 Å². The van der Waals surface area contributed by atoms with E-state index in [4.69, 9.17) is 0 Å². The van der Waals surface area contributed by atoms with Gasteiger partial charge in [-0.3, -0.25) is 29.8 Å². The molecule has 152 valence electrons. The first-order valence-electron chi connectivity index (χ1n) is 8.15. The summed E-state index contributed by atoms with van der Waals surface area (Å²) >= 11 is 0. The molecule has 2 N–H and O–H groups in total. The van der Waals surface area contributed by atoms with Gasteiger partial charge in [-0.1, -0.05) is 0 Å². The molecule has 0 unspecified atom stereocenters. The van der Waals surface area contributed by atoms with Crippen molar-refractivity contribution in [2.45, 2.75) is 19.3 Å². The van der Waals surface area contributed by atoms with E-state index in [1.165, 1.54) is 0 Å². The van der Waals surface area contributed by atoms with Gasteiger partial charge < -0.3 is 10.6 Å². The summed E-state index contributed by atoms with van der Waals surface area (Å²) < 4.78 is 27.3. The molecule has 0 bridgehead atoms. The highest BCUT2D eigenvalue weighted by molar-refractivity contribution is 5.93. The number of benzene rings is 2. The topological polar surface area (TPSA) is 144 Å². The van der Waals surface area contributed by atoms with Crippen LogP contribution in [-0.2, 0) is 9.59 Å². The summed E-state index contributed by atoms with van der Waals surface area (Å²) in [7, 11) is 0. The first-order chi connectivity index (χ1) is 13.7. The van der Waals surface area contributed by atoms with Gasteiger partial charge in [-0.15, -0.1) is 0 Å². The van der Waals surface area contributed by atoms with Crippen molar-refractivity contribution in [3.8, 4) is 0 Å². The highest BCUT2D eigenvalue weighted by atomic mass is 19.1. The summed E-state index contributed by atoms with van der Waals surface area (Å²) in [5.41, 5.74) is -1.54. The van der Waals surface area contributed by atoms with Gasteiger partial charge >= 0.3 is 0 Å². The highest BCUT2D eigenvalue weighted by Crippen LogP contribution is 2.23. The van der Waals surface area contributed by atoms with Gasteiger partial charge in [0.05, 0.1) is 21.2 Å². The zero-order valence-electron chi connectivity index (χ0n) is 14.7. The molecule has 2 aromatic carbocycles. The van der Waals surface area contributed by atoms with Crippen LogP contribution in [0.25, 0.3) is 0 Å². The lowest BCUT2D eigenvalue weighted by atomic mass is 10.2. The summed E-state index contributed by atoms with van der Waals surface area (Å²) in [5, 5.41) is 25.7. The van der Waals surface area contributed by atoms with E-state index in [0.29, 0.717) is 0 Å². The molecule has 0 aromatic heterocycles. The molecule has 2 amide bonds. The predicted octanol–water partition coefficient (Wildman–Crippen LogP) is 3.53. The van der Waals surface area contributed by atoms with E-state index >= 15 is 0 Å². The first kappa shape index (κ1) is 21.3. The van der Waals surface area contributed by atoms with Gasteiger partial charge in [0.1, 0.15) is 11.6 Å². The van der Waals surface area contributed by atoms with E-state index in [1.807, 2.05) is 0 Å². The smallest absolute Gasteiger partial charge is 0.271 e. The molecule has 0 aliphatic heterocycles. The molecular formula is C17H14F2N4O6. The fourth-order valence-electron chi connectivity index (χ4n) is 2.28. The second-order valence-electron chi connectivity index (χ2n) is 5.79. The fraction of sp³-hybridized carbons (Fsp3) is 0.176. The molecular weight excluding hydrogens is 394 g/mol. The van der Waals surface area contributed by atoms with E-state index < -0.39 is 44.7 Å². The monoisotopic (exact) mass is 408 g/mol. The third-order valence-corrected chi connectivity index (χ3v) is 3.68. The molecule has 0 fully saturated rings. The second-order valence-corrected chi connectivity index (χ2v) is 5.79. The Balaban J connectivity index is 1.87. The number of carbonyl (C=O) groups is 2. The summed E-state index contributed by atoms with van der Waals surface area (Å²) in [4.78, 5) is 43.6. The number of nitro groups is 2. The van der Waals surface area contributed by atoms with Gasteiger partial charge in [0, 0.05) is 37.1 Å². The van der Waals surface area contributed by atoms with E-state index in [0.717, 1.165) is 36.4 Å². The number of nitrogens with one attached hydrogen (secondary N) is 2. The van der Waals surface area contributed by atoms with Gasteiger partial charge in [0.15, 0.2) is 0 Å². The number of hydrogen-bond acceptors (Lipinski definition) is 6. The van der Waals surface area contributed by atoms with Crippen molar-refractivity contribution in [3.63, 3.8) is 0 Å². The Labute approximate surface area is 161 Å². The molecule has 29 heavy (non-hydrogen) atoms. The van der Waals surface area contributed by atoms with Crippen LogP contribution in [0.3, 0.4) is 0 Å². The SMILES string of the molecule is O=C(CCCC(=O)Nc1cc([N+](=O)[O-])ccc1F)Nc1cc([N+](=O)[O-])ccc1F. The van der Waals surface area contributed by atoms with E-state index in [9.17, 15) is 38.6 Å². The molecule has 2 rings (SSSR count). The minimum atomic E-state index is -0.858. The first-order valence-corrected chi connectivity index (χ1v) is 8.15. The Hall–Kier alpha value is -3.96. The van der Waals surface area contributed by atoms with Crippen LogP contribution in [0.4, 0.5) is 31.5 Å². The number of hydrogen-bond donors (Lipinski definition) is 2. The molecule has 2 aromatic rings. The number of rotatable bonds is 8. The molecule has 0 spiro atoms. The van der Waals surface area contributed by atoms with Gasteiger partial charge in [-0.25, -0.2) is 8.78 Å².